The van der Waals surface area contributed by atoms with Gasteiger partial charge in [0.2, 0.25) is 0 Å². The first-order valence-electron chi connectivity index (χ1n) is 7.47. The zero-order valence-electron chi connectivity index (χ0n) is 12.9. The molecule has 0 aliphatic carbocycles. The molecule has 1 amide bonds. The van der Waals surface area contributed by atoms with E-state index in [1.165, 1.54) is 35.4 Å². The third kappa shape index (κ3) is 3.03. The van der Waals surface area contributed by atoms with Crippen LogP contribution in [-0.4, -0.2) is 28.6 Å². The molecular weight excluding hydrogens is 323 g/mol. The number of rotatable bonds is 2. The van der Waals surface area contributed by atoms with Gasteiger partial charge in [-0.05, 0) is 31.0 Å². The van der Waals surface area contributed by atoms with Gasteiger partial charge in [-0.3, -0.25) is 4.79 Å². The normalized spacial score (nSPS) is 21.3. The Kier molecular flexibility index (Phi) is 4.13. The summed E-state index contributed by atoms with van der Waals surface area (Å²) in [5.74, 6) is 0.0794. The quantitative estimate of drug-likeness (QED) is 0.910. The summed E-state index contributed by atoms with van der Waals surface area (Å²) in [6.45, 7) is 1.66. The predicted octanol–water partition coefficient (Wildman–Crippen LogP) is 3.55. The van der Waals surface area contributed by atoms with Crippen molar-refractivity contribution in [2.24, 2.45) is 0 Å². The lowest BCUT2D eigenvalue weighted by molar-refractivity contribution is -0.138. The molecule has 7 heteroatoms. The van der Waals surface area contributed by atoms with E-state index in [1.807, 2.05) is 0 Å². The molecule has 1 aliphatic heterocycles. The van der Waals surface area contributed by atoms with Crippen molar-refractivity contribution in [3.8, 4) is 0 Å². The second-order valence-corrected chi connectivity index (χ2v) is 5.89. The second-order valence-electron chi connectivity index (χ2n) is 5.89. The van der Waals surface area contributed by atoms with Crippen molar-refractivity contribution in [3.63, 3.8) is 0 Å². The van der Waals surface area contributed by atoms with Crippen LogP contribution in [0.3, 0.4) is 0 Å². The Bertz CT molecular complexity index is 754. The van der Waals surface area contributed by atoms with Gasteiger partial charge in [-0.15, -0.1) is 0 Å². The molecule has 1 aromatic carbocycles. The Morgan fingerprint density at radius 1 is 1.33 bits per heavy atom. The van der Waals surface area contributed by atoms with Crippen LogP contribution in [0.25, 0.3) is 0 Å². The Morgan fingerprint density at radius 2 is 2.04 bits per heavy atom. The minimum atomic E-state index is -4.52. The topological polar surface area (TPSA) is 53.7 Å². The number of aliphatic hydroxyl groups excluding tert-OH is 1. The van der Waals surface area contributed by atoms with E-state index in [4.69, 9.17) is 4.42 Å². The number of halogens is 3. The molecule has 0 spiro atoms. The number of benzene rings is 1. The average molecular weight is 339 g/mol. The van der Waals surface area contributed by atoms with Crippen molar-refractivity contribution in [2.45, 2.75) is 31.7 Å². The summed E-state index contributed by atoms with van der Waals surface area (Å²) in [6.07, 6.45) is -4.05. The number of amides is 1. The van der Waals surface area contributed by atoms with Crippen LogP contribution in [0.2, 0.25) is 0 Å². The van der Waals surface area contributed by atoms with E-state index in [1.54, 1.807) is 6.92 Å². The SMILES string of the molecule is Cc1cc(C(=O)N2CC(O)CC2c2ccccc2C(F)(F)F)co1. The number of alkyl halides is 3. The molecule has 2 atom stereocenters. The van der Waals surface area contributed by atoms with Crippen LogP contribution in [0.4, 0.5) is 13.2 Å². The predicted molar refractivity (Wildman–Crippen MR) is 79.3 cm³/mol. The third-order valence-electron chi connectivity index (χ3n) is 4.14. The van der Waals surface area contributed by atoms with Gasteiger partial charge in [0.25, 0.3) is 5.91 Å². The van der Waals surface area contributed by atoms with Gasteiger partial charge >= 0.3 is 6.18 Å². The number of aliphatic hydroxyl groups is 1. The first kappa shape index (κ1) is 16.6. The molecule has 0 bridgehead atoms. The molecule has 3 rings (SSSR count). The molecule has 1 aliphatic rings. The van der Waals surface area contributed by atoms with Gasteiger partial charge < -0.3 is 14.4 Å². The fourth-order valence-corrected chi connectivity index (χ4v) is 3.10. The third-order valence-corrected chi connectivity index (χ3v) is 4.14. The summed E-state index contributed by atoms with van der Waals surface area (Å²) in [7, 11) is 0. The van der Waals surface area contributed by atoms with Crippen LogP contribution < -0.4 is 0 Å². The summed E-state index contributed by atoms with van der Waals surface area (Å²) in [4.78, 5) is 13.9. The van der Waals surface area contributed by atoms with Crippen molar-refractivity contribution in [3.05, 3.63) is 59.0 Å². The van der Waals surface area contributed by atoms with Gasteiger partial charge in [-0.25, -0.2) is 0 Å². The summed E-state index contributed by atoms with van der Waals surface area (Å²) in [6, 6.07) is 5.85. The van der Waals surface area contributed by atoms with Crippen molar-refractivity contribution >= 4 is 5.91 Å². The van der Waals surface area contributed by atoms with Crippen LogP contribution in [0, 0.1) is 6.92 Å². The number of hydrogen-bond donors (Lipinski definition) is 1. The lowest BCUT2D eigenvalue weighted by Crippen LogP contribution is -2.32. The van der Waals surface area contributed by atoms with Crippen LogP contribution in [0.5, 0.6) is 0 Å². The van der Waals surface area contributed by atoms with E-state index in [2.05, 4.69) is 0 Å². The molecule has 1 saturated heterocycles. The maximum Gasteiger partial charge on any atom is 0.416 e. The molecule has 1 aromatic heterocycles. The van der Waals surface area contributed by atoms with E-state index < -0.39 is 29.8 Å². The molecule has 24 heavy (non-hydrogen) atoms. The number of furan rings is 1. The van der Waals surface area contributed by atoms with Gasteiger partial charge in [-0.1, -0.05) is 18.2 Å². The number of nitrogens with zero attached hydrogens (tertiary/aromatic N) is 1. The maximum atomic E-state index is 13.3. The van der Waals surface area contributed by atoms with Crippen molar-refractivity contribution in [1.82, 2.24) is 4.90 Å². The van der Waals surface area contributed by atoms with Crippen LogP contribution >= 0.6 is 0 Å². The highest BCUT2D eigenvalue weighted by Crippen LogP contribution is 2.40. The number of aryl methyl sites for hydroxylation is 1. The molecule has 1 N–H and O–H groups in total. The first-order valence-corrected chi connectivity index (χ1v) is 7.47. The molecule has 0 saturated carbocycles. The highest BCUT2D eigenvalue weighted by atomic mass is 19.4. The molecule has 2 unspecified atom stereocenters. The van der Waals surface area contributed by atoms with E-state index in [0.717, 1.165) is 6.07 Å². The Balaban J connectivity index is 1.99. The Hall–Kier alpha value is -2.28. The molecule has 2 heterocycles. The zero-order valence-corrected chi connectivity index (χ0v) is 12.9. The average Bonchev–Trinajstić information content (AvgIpc) is 3.12. The minimum absolute atomic E-state index is 0.00452. The van der Waals surface area contributed by atoms with Gasteiger partial charge in [-0.2, -0.15) is 13.2 Å². The van der Waals surface area contributed by atoms with E-state index in [9.17, 15) is 23.1 Å². The molecule has 2 aromatic rings. The largest absolute Gasteiger partial charge is 0.469 e. The Labute approximate surface area is 136 Å². The number of hydrogen-bond acceptors (Lipinski definition) is 3. The molecule has 128 valence electrons. The molecule has 0 radical (unpaired) electrons. The van der Waals surface area contributed by atoms with Crippen molar-refractivity contribution in [1.29, 1.82) is 0 Å². The number of carbonyl (C=O) groups is 1. The minimum Gasteiger partial charge on any atom is -0.469 e. The Morgan fingerprint density at radius 3 is 2.67 bits per heavy atom. The summed E-state index contributed by atoms with van der Waals surface area (Å²) >= 11 is 0. The monoisotopic (exact) mass is 339 g/mol. The number of β-amino-alcohol motifs (C(OH)–C–C–N with tert-alkyl or cyclic N) is 1. The summed E-state index contributed by atoms with van der Waals surface area (Å²) < 4.78 is 44.9. The van der Waals surface area contributed by atoms with E-state index >= 15 is 0 Å². The number of likely N-dealkylation sites (tertiary alicyclic amines) is 1. The molecule has 1 fully saturated rings. The van der Waals surface area contributed by atoms with Gasteiger partial charge in [0.1, 0.15) is 12.0 Å². The van der Waals surface area contributed by atoms with E-state index in [-0.39, 0.29) is 24.1 Å². The fraction of sp³-hybridized carbons (Fsp3) is 0.353. The first-order chi connectivity index (χ1) is 11.3. The van der Waals surface area contributed by atoms with Gasteiger partial charge in [0, 0.05) is 6.54 Å². The van der Waals surface area contributed by atoms with Crippen LogP contribution in [0.1, 0.15) is 39.7 Å². The highest BCUT2D eigenvalue weighted by molar-refractivity contribution is 5.94. The lowest BCUT2D eigenvalue weighted by atomic mass is 9.97. The van der Waals surface area contributed by atoms with Crippen LogP contribution in [0.15, 0.2) is 41.0 Å². The van der Waals surface area contributed by atoms with Crippen LogP contribution in [-0.2, 0) is 6.18 Å². The molecule has 4 nitrogen and oxygen atoms in total. The lowest BCUT2D eigenvalue weighted by Gasteiger charge is -2.26. The number of carbonyl (C=O) groups excluding carboxylic acids is 1. The van der Waals surface area contributed by atoms with Gasteiger partial charge in [0.15, 0.2) is 0 Å². The fourth-order valence-electron chi connectivity index (χ4n) is 3.10. The van der Waals surface area contributed by atoms with Crippen molar-refractivity contribution < 1.29 is 27.5 Å². The highest BCUT2D eigenvalue weighted by Gasteiger charge is 2.41. The van der Waals surface area contributed by atoms with Crippen molar-refractivity contribution in [2.75, 3.05) is 6.54 Å². The second kappa shape index (κ2) is 5.98. The maximum absolute atomic E-state index is 13.3. The van der Waals surface area contributed by atoms with Gasteiger partial charge in [0.05, 0.1) is 23.3 Å². The summed E-state index contributed by atoms with van der Waals surface area (Å²) in [5.41, 5.74) is -0.531. The molecular formula is C17H16F3NO3. The summed E-state index contributed by atoms with van der Waals surface area (Å²) in [5, 5.41) is 9.93. The smallest absolute Gasteiger partial charge is 0.416 e. The van der Waals surface area contributed by atoms with E-state index in [0.29, 0.717) is 5.76 Å². The zero-order chi connectivity index (χ0) is 17.5. The standard InChI is InChI=1S/C17H16F3NO3/c1-10-6-11(9-24-10)16(23)21-8-12(22)7-15(21)13-4-2-3-5-14(13)17(18,19)20/h2-6,9,12,15,22H,7-8H2,1H3.